The lowest BCUT2D eigenvalue weighted by Crippen LogP contribution is -2.49. The fourth-order valence-electron chi connectivity index (χ4n) is 12.3. The molecule has 2 fully saturated rings. The third kappa shape index (κ3) is 6.28. The van der Waals surface area contributed by atoms with Crippen LogP contribution in [0.25, 0.3) is 89.4 Å². The Labute approximate surface area is 370 Å². The number of benzene rings is 8. The molecule has 1 spiro atoms. The summed E-state index contributed by atoms with van der Waals surface area (Å²) in [5, 5.41) is 2.78. The molecule has 9 aromatic rings. The summed E-state index contributed by atoms with van der Waals surface area (Å²) in [5.41, 5.74) is 16.0. The maximum absolute atomic E-state index is 5.21. The fourth-order valence-corrected chi connectivity index (χ4v) is 12.3. The summed E-state index contributed by atoms with van der Waals surface area (Å²) in [4.78, 5) is 15.6. The first kappa shape index (κ1) is 37.8. The largest absolute Gasteiger partial charge is 0.208 e. The third-order valence-corrected chi connectivity index (χ3v) is 14.8. The normalized spacial score (nSPS) is 21.0. The van der Waals surface area contributed by atoms with E-state index in [0.29, 0.717) is 29.3 Å². The highest BCUT2D eigenvalue weighted by molar-refractivity contribution is 6.00. The predicted octanol–water partition coefficient (Wildman–Crippen LogP) is 15.4. The molecule has 0 N–H and O–H groups in total. The van der Waals surface area contributed by atoms with E-state index in [-0.39, 0.29) is 5.41 Å². The summed E-state index contributed by atoms with van der Waals surface area (Å²) < 4.78 is 0. The number of hydrogen-bond acceptors (Lipinski definition) is 3. The molecule has 2 bridgehead atoms. The fraction of sp³-hybridized carbons (Fsp3) is 0.183. The van der Waals surface area contributed by atoms with Gasteiger partial charge in [-0.25, -0.2) is 15.0 Å². The Kier molecular flexibility index (Phi) is 9.07. The highest BCUT2D eigenvalue weighted by atomic mass is 15.0. The van der Waals surface area contributed by atoms with Crippen LogP contribution in [0.4, 0.5) is 0 Å². The summed E-state index contributed by atoms with van der Waals surface area (Å²) >= 11 is 0. The lowest BCUT2D eigenvalue weighted by Gasteiger charge is -2.55. The van der Waals surface area contributed by atoms with Crippen molar-refractivity contribution in [3.05, 3.63) is 199 Å². The van der Waals surface area contributed by atoms with E-state index in [2.05, 4.69) is 202 Å². The van der Waals surface area contributed by atoms with E-state index in [1.165, 1.54) is 64.3 Å². The molecular weight excluding hydrogens is 763 g/mol. The van der Waals surface area contributed by atoms with Gasteiger partial charge in [0.25, 0.3) is 0 Å². The summed E-state index contributed by atoms with van der Waals surface area (Å²) in [6.07, 6.45) is 5.25. The van der Waals surface area contributed by atoms with Crippen molar-refractivity contribution in [3.63, 3.8) is 0 Å². The Morgan fingerprint density at radius 3 is 1.62 bits per heavy atom. The van der Waals surface area contributed by atoms with Gasteiger partial charge in [0.05, 0.1) is 0 Å². The maximum Gasteiger partial charge on any atom is 0.164 e. The minimum absolute atomic E-state index is 0.0473. The van der Waals surface area contributed by atoms with Crippen LogP contribution in [0.15, 0.2) is 188 Å². The Morgan fingerprint density at radius 1 is 0.381 bits per heavy atom. The molecule has 3 aliphatic carbocycles. The van der Waals surface area contributed by atoms with Crippen molar-refractivity contribution in [2.45, 2.75) is 44.9 Å². The smallest absolute Gasteiger partial charge is 0.164 e. The maximum atomic E-state index is 5.21. The van der Waals surface area contributed by atoms with Gasteiger partial charge in [-0.1, -0.05) is 196 Å². The first-order valence-electron chi connectivity index (χ1n) is 22.9. The molecule has 1 aromatic heterocycles. The zero-order valence-corrected chi connectivity index (χ0v) is 35.9. The Balaban J connectivity index is 0.984. The number of fused-ring (bicyclic) bond motifs is 10. The molecule has 5 unspecified atom stereocenters. The van der Waals surface area contributed by atoms with Crippen LogP contribution in [0.2, 0.25) is 0 Å². The van der Waals surface area contributed by atoms with Crippen LogP contribution in [-0.2, 0) is 5.41 Å². The zero-order chi connectivity index (χ0) is 42.1. The van der Waals surface area contributed by atoms with Crippen molar-refractivity contribution < 1.29 is 0 Å². The van der Waals surface area contributed by atoms with Gasteiger partial charge >= 0.3 is 0 Å². The molecule has 5 atom stereocenters. The number of rotatable bonds is 6. The summed E-state index contributed by atoms with van der Waals surface area (Å²) in [6.45, 7) is 5.08. The van der Waals surface area contributed by atoms with Crippen molar-refractivity contribution >= 4 is 10.8 Å². The molecule has 3 heteroatoms. The highest BCUT2D eigenvalue weighted by Gasteiger charge is 2.58. The van der Waals surface area contributed by atoms with E-state index in [0.717, 1.165) is 45.2 Å². The van der Waals surface area contributed by atoms with Gasteiger partial charge in [-0.3, -0.25) is 0 Å². The predicted molar refractivity (Wildman–Crippen MR) is 260 cm³/mol. The summed E-state index contributed by atoms with van der Waals surface area (Å²) in [6, 6.07) is 68.2. The minimum atomic E-state index is -0.0473. The van der Waals surface area contributed by atoms with E-state index < -0.39 is 0 Å². The molecule has 304 valence electrons. The molecular formula is C60H49N3. The molecule has 1 heterocycles. The number of hydrogen-bond donors (Lipinski definition) is 0. The van der Waals surface area contributed by atoms with Crippen molar-refractivity contribution in [2.24, 2.45) is 23.7 Å². The average Bonchev–Trinajstić information content (AvgIpc) is 3.66. The lowest BCUT2D eigenvalue weighted by atomic mass is 9.48. The molecule has 3 nitrogen and oxygen atoms in total. The molecule has 0 aliphatic heterocycles. The van der Waals surface area contributed by atoms with Gasteiger partial charge in [-0.15, -0.1) is 0 Å². The second kappa shape index (κ2) is 15.1. The van der Waals surface area contributed by atoms with Crippen molar-refractivity contribution in [1.29, 1.82) is 0 Å². The van der Waals surface area contributed by atoms with Crippen LogP contribution in [0.5, 0.6) is 0 Å². The Bertz CT molecular complexity index is 3150. The highest BCUT2D eigenvalue weighted by Crippen LogP contribution is 2.67. The van der Waals surface area contributed by atoms with Gasteiger partial charge in [0.15, 0.2) is 17.5 Å². The summed E-state index contributed by atoms with van der Waals surface area (Å²) in [5.74, 6) is 4.66. The Hall–Kier alpha value is -6.97. The minimum Gasteiger partial charge on any atom is -0.208 e. The lowest BCUT2D eigenvalue weighted by molar-refractivity contribution is 0.0436. The Morgan fingerprint density at radius 2 is 0.905 bits per heavy atom. The van der Waals surface area contributed by atoms with E-state index >= 15 is 0 Å². The van der Waals surface area contributed by atoms with Crippen LogP contribution < -0.4 is 0 Å². The standard InChI is InChI=1S/C60H49N3/c1-38-33-40-35-39(2)60(50(34-38)36-40)55-52(21-12-22-53(55)54-32-31-44-17-9-10-20-51(44)56(54)60)45-25-29-47(30-26-45)58-61-57(46-27-23-43(24-28-46)41-13-5-3-6-14-41)62-59(63-58)49-19-11-18-48(37-49)42-15-7-4-8-16-42/h3-32,37-40,50H,33-36H2,1-2H3. The average molecular weight is 812 g/mol. The topological polar surface area (TPSA) is 38.7 Å². The zero-order valence-electron chi connectivity index (χ0n) is 35.9. The molecule has 0 amide bonds. The molecule has 2 saturated carbocycles. The van der Waals surface area contributed by atoms with E-state index in [1.54, 1.807) is 11.1 Å². The first-order valence-corrected chi connectivity index (χ1v) is 22.9. The van der Waals surface area contributed by atoms with Crippen LogP contribution >= 0.6 is 0 Å². The molecule has 0 radical (unpaired) electrons. The SMILES string of the molecule is CC1CC2CC(C)C3(c4c(-c5ccc(-c6nc(-c7ccc(-c8ccccc8)cc7)nc(-c7cccc(-c8ccccc8)c7)n6)cc5)cccc4-c4ccc5ccccc5c43)C(C1)C2. The van der Waals surface area contributed by atoms with E-state index in [1.807, 2.05) is 0 Å². The second-order valence-electron chi connectivity index (χ2n) is 18.6. The van der Waals surface area contributed by atoms with Crippen molar-refractivity contribution in [3.8, 4) is 78.7 Å². The van der Waals surface area contributed by atoms with Gasteiger partial charge < -0.3 is 0 Å². The molecule has 63 heavy (non-hydrogen) atoms. The molecule has 8 aromatic carbocycles. The summed E-state index contributed by atoms with van der Waals surface area (Å²) in [7, 11) is 0. The monoisotopic (exact) mass is 811 g/mol. The first-order chi connectivity index (χ1) is 31.0. The van der Waals surface area contributed by atoms with Crippen molar-refractivity contribution in [1.82, 2.24) is 15.0 Å². The van der Waals surface area contributed by atoms with Crippen LogP contribution in [-0.4, -0.2) is 15.0 Å². The van der Waals surface area contributed by atoms with E-state index in [9.17, 15) is 0 Å². The number of aromatic nitrogens is 3. The van der Waals surface area contributed by atoms with Gasteiger partial charge in [0.2, 0.25) is 0 Å². The van der Waals surface area contributed by atoms with Gasteiger partial charge in [0, 0.05) is 22.1 Å². The van der Waals surface area contributed by atoms with Gasteiger partial charge in [-0.2, -0.15) is 0 Å². The van der Waals surface area contributed by atoms with E-state index in [4.69, 9.17) is 15.0 Å². The molecule has 3 aliphatic rings. The van der Waals surface area contributed by atoms with Gasteiger partial charge in [-0.05, 0) is 122 Å². The third-order valence-electron chi connectivity index (χ3n) is 14.8. The van der Waals surface area contributed by atoms with Crippen LogP contribution in [0, 0.1) is 23.7 Å². The molecule has 12 rings (SSSR count). The van der Waals surface area contributed by atoms with Crippen LogP contribution in [0.1, 0.15) is 50.7 Å². The molecule has 0 saturated heterocycles. The second-order valence-corrected chi connectivity index (χ2v) is 18.6. The number of nitrogens with zero attached hydrogens (tertiary/aromatic N) is 3. The quantitative estimate of drug-likeness (QED) is 0.168. The van der Waals surface area contributed by atoms with Gasteiger partial charge in [0.1, 0.15) is 0 Å². The van der Waals surface area contributed by atoms with Crippen molar-refractivity contribution in [2.75, 3.05) is 0 Å². The van der Waals surface area contributed by atoms with Crippen LogP contribution in [0.3, 0.4) is 0 Å².